The van der Waals surface area contributed by atoms with Crippen molar-refractivity contribution in [3.05, 3.63) is 71.1 Å². The fraction of sp³-hybridized carbons (Fsp3) is 0.360. The second-order valence-corrected chi connectivity index (χ2v) is 9.43. The van der Waals surface area contributed by atoms with Gasteiger partial charge in [-0.25, -0.2) is 9.99 Å². The number of anilines is 1. The molecule has 1 aromatic heterocycles. The van der Waals surface area contributed by atoms with Gasteiger partial charge in [-0.3, -0.25) is 4.79 Å². The number of fused-ring (bicyclic) bond motifs is 1. The minimum atomic E-state index is -0.362. The molecule has 0 amide bonds. The summed E-state index contributed by atoms with van der Waals surface area (Å²) in [5.41, 5.74) is 4.29. The summed E-state index contributed by atoms with van der Waals surface area (Å²) in [6.07, 6.45) is 5.08. The highest BCUT2D eigenvalue weighted by atomic mass is 79.9. The van der Waals surface area contributed by atoms with Crippen LogP contribution in [0, 0.1) is 5.92 Å². The highest BCUT2D eigenvalue weighted by molar-refractivity contribution is 9.10. The second-order valence-electron chi connectivity index (χ2n) is 8.51. The highest BCUT2D eigenvalue weighted by Gasteiger charge is 2.38. The van der Waals surface area contributed by atoms with Gasteiger partial charge in [-0.15, -0.1) is 0 Å². The number of hydrogen-bond acceptors (Lipinski definition) is 6. The van der Waals surface area contributed by atoms with E-state index in [9.17, 15) is 4.79 Å². The van der Waals surface area contributed by atoms with E-state index in [1.165, 1.54) is 0 Å². The molecule has 3 atom stereocenters. The van der Waals surface area contributed by atoms with Crippen molar-refractivity contribution in [2.24, 2.45) is 22.2 Å². The Balaban J connectivity index is 1.69. The van der Waals surface area contributed by atoms with Crippen LogP contribution in [-0.4, -0.2) is 33.6 Å². The predicted molar refractivity (Wildman–Crippen MR) is 139 cm³/mol. The Morgan fingerprint density at radius 2 is 2.09 bits per heavy atom. The van der Waals surface area contributed by atoms with Crippen LogP contribution in [0.4, 0.5) is 5.69 Å². The molecule has 35 heavy (non-hydrogen) atoms. The van der Waals surface area contributed by atoms with E-state index in [2.05, 4.69) is 48.2 Å². The third kappa shape index (κ3) is 5.64. The summed E-state index contributed by atoms with van der Waals surface area (Å²) in [5.74, 6) is 4.98. The number of esters is 1. The zero-order valence-corrected chi connectivity index (χ0v) is 21.2. The number of nitrogens with two attached hydrogens (primary N) is 1. The van der Waals surface area contributed by atoms with Crippen LogP contribution in [0.15, 0.2) is 76.0 Å². The first-order valence-electron chi connectivity index (χ1n) is 11.7. The van der Waals surface area contributed by atoms with Crippen molar-refractivity contribution in [3.8, 4) is 0 Å². The fourth-order valence-corrected chi connectivity index (χ4v) is 4.92. The molecule has 0 saturated heterocycles. The van der Waals surface area contributed by atoms with Gasteiger partial charge in [0.1, 0.15) is 0 Å². The standard InChI is InChI=1S/C25H30BrN7O2/c1-3-35-25(34)20-6-4-5-7-23(20)33(32-31-27)16(2)24(17-8-10-18(26)11-9-17)30-19-12-13-21-22(14-19)29-15-28-21/h8-15,20,23-24,30H,2-7H2,1H3,(H2,27,32)(H,28,29). The van der Waals surface area contributed by atoms with Gasteiger partial charge in [-0.1, -0.05) is 52.7 Å². The molecule has 1 aliphatic carbocycles. The topological polar surface area (TPSA) is 121 Å². The van der Waals surface area contributed by atoms with Crippen molar-refractivity contribution < 1.29 is 9.53 Å². The van der Waals surface area contributed by atoms with Crippen LogP contribution in [-0.2, 0) is 9.53 Å². The van der Waals surface area contributed by atoms with Crippen molar-refractivity contribution in [2.75, 3.05) is 11.9 Å². The molecule has 4 rings (SSSR count). The number of aromatic amines is 1. The summed E-state index contributed by atoms with van der Waals surface area (Å²) in [7, 11) is 0. The number of imidazole rings is 1. The third-order valence-corrected chi connectivity index (χ3v) is 6.87. The SMILES string of the molecule is C=C(C(Nc1ccc2nc[nH]c2c1)c1ccc(Br)cc1)N(/N=N\N)C1CCCCC1C(=O)OCC. The Hall–Kier alpha value is -3.40. The Kier molecular flexibility index (Phi) is 8.02. The van der Waals surface area contributed by atoms with E-state index in [1.807, 2.05) is 49.4 Å². The smallest absolute Gasteiger partial charge is 0.311 e. The molecule has 1 saturated carbocycles. The molecule has 10 heteroatoms. The number of nitrogens with one attached hydrogen (secondary N) is 2. The number of benzene rings is 2. The molecule has 0 aliphatic heterocycles. The van der Waals surface area contributed by atoms with Crippen LogP contribution in [0.3, 0.4) is 0 Å². The third-order valence-electron chi connectivity index (χ3n) is 6.34. The summed E-state index contributed by atoms with van der Waals surface area (Å²) in [4.78, 5) is 20.2. The Morgan fingerprint density at radius 3 is 2.83 bits per heavy atom. The van der Waals surface area contributed by atoms with Gasteiger partial charge in [0.15, 0.2) is 0 Å². The number of H-pyrrole nitrogens is 1. The molecule has 3 unspecified atom stereocenters. The first-order chi connectivity index (χ1) is 17.0. The van der Waals surface area contributed by atoms with Gasteiger partial charge in [0.2, 0.25) is 0 Å². The lowest BCUT2D eigenvalue weighted by Crippen LogP contribution is -2.44. The minimum Gasteiger partial charge on any atom is -0.466 e. The molecule has 0 bridgehead atoms. The second kappa shape index (κ2) is 11.4. The van der Waals surface area contributed by atoms with E-state index >= 15 is 0 Å². The summed E-state index contributed by atoms with van der Waals surface area (Å²) in [6.45, 7) is 6.56. The van der Waals surface area contributed by atoms with Crippen LogP contribution in [0.25, 0.3) is 11.0 Å². The van der Waals surface area contributed by atoms with Gasteiger partial charge in [0.25, 0.3) is 0 Å². The Bertz CT molecular complexity index is 1190. The molecule has 0 spiro atoms. The van der Waals surface area contributed by atoms with Crippen LogP contribution < -0.4 is 11.2 Å². The molecule has 9 nitrogen and oxygen atoms in total. The molecule has 0 radical (unpaired) electrons. The van der Waals surface area contributed by atoms with Crippen molar-refractivity contribution in [1.29, 1.82) is 0 Å². The lowest BCUT2D eigenvalue weighted by atomic mass is 9.83. The summed E-state index contributed by atoms with van der Waals surface area (Å²) < 4.78 is 6.35. The van der Waals surface area contributed by atoms with Gasteiger partial charge >= 0.3 is 5.97 Å². The Labute approximate surface area is 212 Å². The van der Waals surface area contributed by atoms with E-state index in [0.29, 0.717) is 12.3 Å². The summed E-state index contributed by atoms with van der Waals surface area (Å²) >= 11 is 3.51. The molecule has 2 aromatic carbocycles. The molecule has 1 fully saturated rings. The number of hydrogen-bond donors (Lipinski definition) is 3. The van der Waals surface area contributed by atoms with Gasteiger partial charge in [-0.05, 0) is 60.9 Å². The first kappa shape index (κ1) is 24.7. The molecule has 1 aliphatic rings. The van der Waals surface area contributed by atoms with Crippen LogP contribution in [0.5, 0.6) is 0 Å². The summed E-state index contributed by atoms with van der Waals surface area (Å²) in [5, 5.41) is 13.1. The van der Waals surface area contributed by atoms with Gasteiger partial charge < -0.3 is 20.9 Å². The number of rotatable bonds is 9. The molecule has 184 valence electrons. The monoisotopic (exact) mass is 539 g/mol. The van der Waals surface area contributed by atoms with Gasteiger partial charge in [0.05, 0.1) is 47.7 Å². The average Bonchev–Trinajstić information content (AvgIpc) is 3.34. The zero-order chi connectivity index (χ0) is 24.8. The number of carbonyl (C=O) groups is 1. The molecular formula is C25H30BrN7O2. The van der Waals surface area contributed by atoms with Gasteiger partial charge in [0, 0.05) is 10.2 Å². The normalized spacial score (nSPS) is 18.9. The van der Waals surface area contributed by atoms with Crippen molar-refractivity contribution in [1.82, 2.24) is 15.0 Å². The maximum absolute atomic E-state index is 12.8. The fourth-order valence-electron chi connectivity index (χ4n) is 4.66. The number of carbonyl (C=O) groups excluding carboxylic acids is 1. The van der Waals surface area contributed by atoms with Crippen LogP contribution in [0.1, 0.15) is 44.2 Å². The average molecular weight is 540 g/mol. The van der Waals surface area contributed by atoms with Crippen molar-refractivity contribution >= 4 is 38.6 Å². The lowest BCUT2D eigenvalue weighted by Gasteiger charge is -2.39. The van der Waals surface area contributed by atoms with Crippen LogP contribution >= 0.6 is 15.9 Å². The maximum Gasteiger partial charge on any atom is 0.311 e. The van der Waals surface area contributed by atoms with E-state index in [-0.39, 0.29) is 24.0 Å². The lowest BCUT2D eigenvalue weighted by molar-refractivity contribution is -0.151. The number of halogens is 1. The highest BCUT2D eigenvalue weighted by Crippen LogP contribution is 2.37. The van der Waals surface area contributed by atoms with Crippen molar-refractivity contribution in [3.63, 3.8) is 0 Å². The predicted octanol–water partition coefficient (Wildman–Crippen LogP) is 5.66. The minimum absolute atomic E-state index is 0.222. The summed E-state index contributed by atoms with van der Waals surface area (Å²) in [6, 6.07) is 13.3. The van der Waals surface area contributed by atoms with E-state index in [4.69, 9.17) is 10.6 Å². The van der Waals surface area contributed by atoms with E-state index in [0.717, 1.165) is 52.4 Å². The maximum atomic E-state index is 12.8. The molecule has 1 heterocycles. The molecular weight excluding hydrogens is 510 g/mol. The number of nitrogens with zero attached hydrogens (tertiary/aromatic N) is 4. The molecule has 4 N–H and O–H groups in total. The zero-order valence-electron chi connectivity index (χ0n) is 19.7. The quantitative estimate of drug-likeness (QED) is 0.139. The van der Waals surface area contributed by atoms with Crippen LogP contribution in [0.2, 0.25) is 0 Å². The number of ether oxygens (including phenoxy) is 1. The largest absolute Gasteiger partial charge is 0.466 e. The first-order valence-corrected chi connectivity index (χ1v) is 12.5. The van der Waals surface area contributed by atoms with Crippen molar-refractivity contribution in [2.45, 2.75) is 44.7 Å². The number of aromatic nitrogens is 2. The van der Waals surface area contributed by atoms with Gasteiger partial charge in [-0.2, -0.15) is 0 Å². The van der Waals surface area contributed by atoms with E-state index in [1.54, 1.807) is 11.3 Å². The molecule has 3 aromatic rings. The Morgan fingerprint density at radius 1 is 1.31 bits per heavy atom. The van der Waals surface area contributed by atoms with E-state index < -0.39 is 0 Å².